The van der Waals surface area contributed by atoms with Crippen molar-refractivity contribution in [2.75, 3.05) is 23.7 Å². The molecule has 1 aliphatic rings. The van der Waals surface area contributed by atoms with Gasteiger partial charge < -0.3 is 32.2 Å². The summed E-state index contributed by atoms with van der Waals surface area (Å²) in [7, 11) is 0. The maximum absolute atomic E-state index is 5.87. The summed E-state index contributed by atoms with van der Waals surface area (Å²) < 4.78 is 4.21. The summed E-state index contributed by atoms with van der Waals surface area (Å²) in [6.45, 7) is 3.91. The predicted molar refractivity (Wildman–Crippen MR) is 112 cm³/mol. The normalized spacial score (nSPS) is 13.5. The first-order chi connectivity index (χ1) is 14.3. The van der Waals surface area contributed by atoms with E-state index in [0.717, 1.165) is 12.2 Å². The number of imidazole rings is 1. The topological polar surface area (TPSA) is 76.7 Å². The maximum Gasteiger partial charge on any atom is 0.173 e. The average molecular weight is 466 g/mol. The van der Waals surface area contributed by atoms with Crippen molar-refractivity contribution in [2.45, 2.75) is 25.9 Å². The largest absolute Gasteiger partial charge is 1.00 e. The number of pyridine rings is 1. The highest BCUT2D eigenvalue weighted by atomic mass is 79.9. The Morgan fingerprint density at radius 3 is 2.33 bits per heavy atom. The Morgan fingerprint density at radius 2 is 1.60 bits per heavy atom. The van der Waals surface area contributed by atoms with Gasteiger partial charge in [-0.05, 0) is 18.4 Å². The van der Waals surface area contributed by atoms with E-state index < -0.39 is 0 Å². The first-order valence-corrected chi connectivity index (χ1v) is 9.99. The Balaban J connectivity index is 0.00000218. The van der Waals surface area contributed by atoms with Gasteiger partial charge >= 0.3 is 0 Å². The summed E-state index contributed by atoms with van der Waals surface area (Å²) >= 11 is 0. The van der Waals surface area contributed by atoms with Crippen molar-refractivity contribution in [1.29, 1.82) is 0 Å². The lowest BCUT2D eigenvalue weighted by molar-refractivity contribution is -0.688. The number of halogens is 1. The number of nitrogen functional groups attached to an aromatic ring is 1. The SMILES string of the molecule is Nc1ncnc2c1ncn2Cc1ccc(C[n+]2ccc(N3CCCC3)cc2)cc1.[Br-]. The van der Waals surface area contributed by atoms with Crippen LogP contribution in [0.4, 0.5) is 11.5 Å². The van der Waals surface area contributed by atoms with Gasteiger partial charge in [-0.15, -0.1) is 0 Å². The van der Waals surface area contributed by atoms with E-state index in [2.05, 4.69) is 73.2 Å². The molecule has 154 valence electrons. The number of hydrogen-bond donors (Lipinski definition) is 1. The first-order valence-electron chi connectivity index (χ1n) is 9.99. The molecule has 0 spiro atoms. The molecule has 0 aliphatic carbocycles. The fraction of sp³-hybridized carbons (Fsp3) is 0.273. The van der Waals surface area contributed by atoms with Gasteiger partial charge in [0, 0.05) is 36.5 Å². The van der Waals surface area contributed by atoms with Gasteiger partial charge in [0.05, 0.1) is 12.9 Å². The summed E-state index contributed by atoms with van der Waals surface area (Å²) in [5.74, 6) is 0.414. The minimum Gasteiger partial charge on any atom is -1.00 e. The van der Waals surface area contributed by atoms with E-state index in [9.17, 15) is 0 Å². The highest BCUT2D eigenvalue weighted by Gasteiger charge is 2.13. The summed E-state index contributed by atoms with van der Waals surface area (Å²) in [6.07, 6.45) is 10.2. The lowest BCUT2D eigenvalue weighted by Gasteiger charge is -2.16. The third kappa shape index (κ3) is 4.14. The number of rotatable bonds is 5. The molecule has 5 rings (SSSR count). The molecule has 8 heteroatoms. The van der Waals surface area contributed by atoms with Gasteiger partial charge in [-0.1, -0.05) is 24.3 Å². The van der Waals surface area contributed by atoms with Crippen molar-refractivity contribution in [2.24, 2.45) is 0 Å². The molecule has 0 saturated carbocycles. The van der Waals surface area contributed by atoms with Crippen LogP contribution >= 0.6 is 0 Å². The number of nitrogens with zero attached hydrogens (tertiary/aromatic N) is 6. The van der Waals surface area contributed by atoms with Crippen LogP contribution in [0.1, 0.15) is 24.0 Å². The van der Waals surface area contributed by atoms with E-state index in [0.29, 0.717) is 17.9 Å². The van der Waals surface area contributed by atoms with Crippen molar-refractivity contribution >= 4 is 22.7 Å². The van der Waals surface area contributed by atoms with Gasteiger partial charge in [-0.25, -0.2) is 19.5 Å². The van der Waals surface area contributed by atoms with Gasteiger partial charge in [-0.2, -0.15) is 0 Å². The highest BCUT2D eigenvalue weighted by Crippen LogP contribution is 2.18. The van der Waals surface area contributed by atoms with Gasteiger partial charge in [0.1, 0.15) is 11.8 Å². The van der Waals surface area contributed by atoms with Crippen molar-refractivity contribution in [1.82, 2.24) is 19.5 Å². The Labute approximate surface area is 186 Å². The van der Waals surface area contributed by atoms with Crippen LogP contribution in [0, 0.1) is 0 Å². The van der Waals surface area contributed by atoms with Crippen LogP contribution < -0.4 is 32.2 Å². The van der Waals surface area contributed by atoms with E-state index >= 15 is 0 Å². The van der Waals surface area contributed by atoms with Crippen molar-refractivity contribution in [3.05, 3.63) is 72.6 Å². The molecule has 0 radical (unpaired) electrons. The smallest absolute Gasteiger partial charge is 0.173 e. The molecule has 3 aromatic heterocycles. The van der Waals surface area contributed by atoms with Crippen molar-refractivity contribution in [3.63, 3.8) is 0 Å². The third-order valence-electron chi connectivity index (χ3n) is 5.52. The van der Waals surface area contributed by atoms with E-state index in [1.165, 1.54) is 49.1 Å². The van der Waals surface area contributed by atoms with Gasteiger partial charge in [0.15, 0.2) is 30.4 Å². The van der Waals surface area contributed by atoms with E-state index in [-0.39, 0.29) is 17.0 Å². The molecule has 2 N–H and O–H groups in total. The van der Waals surface area contributed by atoms with E-state index in [1.54, 1.807) is 6.33 Å². The summed E-state index contributed by atoms with van der Waals surface area (Å²) in [5, 5.41) is 0. The van der Waals surface area contributed by atoms with Crippen molar-refractivity contribution < 1.29 is 21.5 Å². The second-order valence-corrected chi connectivity index (χ2v) is 7.54. The molecule has 4 heterocycles. The molecule has 1 fully saturated rings. The van der Waals surface area contributed by atoms with Crippen LogP contribution in [-0.2, 0) is 13.1 Å². The maximum atomic E-state index is 5.87. The fourth-order valence-corrected chi connectivity index (χ4v) is 3.91. The molecule has 7 nitrogen and oxygen atoms in total. The Morgan fingerprint density at radius 1 is 0.900 bits per heavy atom. The quantitative estimate of drug-likeness (QED) is 0.398. The molecular weight excluding hydrogens is 442 g/mol. The molecule has 1 aliphatic heterocycles. The Kier molecular flexibility index (Phi) is 5.94. The predicted octanol–water partition coefficient (Wildman–Crippen LogP) is -0.603. The summed E-state index contributed by atoms with van der Waals surface area (Å²) in [6, 6.07) is 13.1. The molecule has 0 atom stereocenters. The lowest BCUT2D eigenvalue weighted by atomic mass is 10.1. The summed E-state index contributed by atoms with van der Waals surface area (Å²) in [4.78, 5) is 15.1. The Hall–Kier alpha value is -3.00. The zero-order valence-electron chi connectivity index (χ0n) is 16.7. The molecule has 1 aromatic carbocycles. The number of nitrogens with two attached hydrogens (primary N) is 1. The molecular formula is C22H24BrN7. The average Bonchev–Trinajstić information content (AvgIpc) is 3.42. The number of hydrogen-bond acceptors (Lipinski definition) is 5. The molecule has 0 bridgehead atoms. The fourth-order valence-electron chi connectivity index (χ4n) is 3.91. The van der Waals surface area contributed by atoms with Gasteiger partial charge in [0.25, 0.3) is 0 Å². The van der Waals surface area contributed by atoms with Crippen LogP contribution in [0.25, 0.3) is 11.2 Å². The molecule has 1 saturated heterocycles. The van der Waals surface area contributed by atoms with Crippen LogP contribution in [-0.4, -0.2) is 32.6 Å². The van der Waals surface area contributed by atoms with E-state index in [1.807, 2.05) is 4.57 Å². The number of benzene rings is 1. The van der Waals surface area contributed by atoms with Gasteiger partial charge in [-0.3, -0.25) is 0 Å². The van der Waals surface area contributed by atoms with E-state index in [4.69, 9.17) is 5.73 Å². The van der Waals surface area contributed by atoms with Gasteiger partial charge in [0.2, 0.25) is 0 Å². The van der Waals surface area contributed by atoms with Crippen LogP contribution in [0.5, 0.6) is 0 Å². The van der Waals surface area contributed by atoms with Crippen LogP contribution in [0.3, 0.4) is 0 Å². The summed E-state index contributed by atoms with van der Waals surface area (Å²) in [5.41, 5.74) is 11.1. The second-order valence-electron chi connectivity index (χ2n) is 7.54. The third-order valence-corrected chi connectivity index (χ3v) is 5.52. The number of anilines is 2. The standard InChI is InChI=1S/C22H24N7.BrH/c23-21-20-22(25-15-24-21)29(16-26-20)14-18-5-3-17(4-6-18)13-27-11-7-19(8-12-27)28-9-1-2-10-28;/h3-8,11-12,15-16H,1-2,9-10,13-14H2,(H2,23,24,25);1H/q+1;/p-1. The van der Waals surface area contributed by atoms with Crippen LogP contribution in [0.2, 0.25) is 0 Å². The number of aromatic nitrogens is 5. The van der Waals surface area contributed by atoms with Crippen molar-refractivity contribution in [3.8, 4) is 0 Å². The van der Waals surface area contributed by atoms with Crippen LogP contribution in [0.15, 0.2) is 61.4 Å². The Bertz CT molecular complexity index is 1120. The highest BCUT2D eigenvalue weighted by molar-refractivity contribution is 5.81. The first kappa shape index (κ1) is 20.3. The monoisotopic (exact) mass is 465 g/mol. The molecule has 4 aromatic rings. The zero-order valence-corrected chi connectivity index (χ0v) is 18.2. The zero-order chi connectivity index (χ0) is 19.6. The second kappa shape index (κ2) is 8.79. The number of fused-ring (bicyclic) bond motifs is 1. The minimum absolute atomic E-state index is 0. The molecule has 0 unspecified atom stereocenters. The minimum atomic E-state index is 0. The molecule has 0 amide bonds. The lowest BCUT2D eigenvalue weighted by Crippen LogP contribution is -3.00. The molecule has 30 heavy (non-hydrogen) atoms.